The topological polar surface area (TPSA) is 263 Å². The largest absolute Gasteiger partial charge is 0.510 e. The molecular weight excluding hydrogens is 1120 g/mol. The van der Waals surface area contributed by atoms with Crippen LogP contribution in [0.2, 0.25) is 0 Å². The summed E-state index contributed by atoms with van der Waals surface area (Å²) in [7, 11) is 0. The average Bonchev–Trinajstić information content (AvgIpc) is 1.47. The number of nitrogens with zero attached hydrogens (tertiary/aromatic N) is 3. The number of carbonyl (C=O) groups excluding carboxylic acids is 7. The maximum absolute atomic E-state index is 14.1. The molecule has 0 bridgehead atoms. The number of hydrogen-bond acceptors (Lipinski definition) is 14. The number of carbonyl (C=O) groups is 7. The molecule has 5 N–H and O–H groups in total. The van der Waals surface area contributed by atoms with Crippen LogP contribution in [-0.2, 0) is 86.0 Å². The van der Waals surface area contributed by atoms with Gasteiger partial charge in [0.25, 0.3) is 5.56 Å². The quantitative estimate of drug-likeness (QED) is 0.0396. The van der Waals surface area contributed by atoms with Gasteiger partial charge in [0.15, 0.2) is 0 Å². The molecular formula is C68H77N7O13. The monoisotopic (exact) mass is 1200 g/mol. The summed E-state index contributed by atoms with van der Waals surface area (Å²) in [6, 6.07) is 26.6. The third-order valence-electron chi connectivity index (χ3n) is 16.5. The molecule has 3 aliphatic heterocycles. The molecule has 3 atom stereocenters. The number of aryl methyl sites for hydroxylation is 1. The lowest BCUT2D eigenvalue weighted by molar-refractivity contribution is -0.175. The lowest BCUT2D eigenvalue weighted by Gasteiger charge is -2.35. The van der Waals surface area contributed by atoms with Crippen LogP contribution in [0.5, 0.6) is 5.75 Å². The van der Waals surface area contributed by atoms with Gasteiger partial charge in [-0.15, -0.1) is 0 Å². The zero-order valence-corrected chi connectivity index (χ0v) is 51.3. The molecule has 0 saturated carbocycles. The standard InChI is InChI=1S/C68H77N7O13/c1-10-48-49-34-47(76)26-27-53(49)71-60-50(48)37-75-55(60)35-52-51(63(75)82)39-85-64(83)68(52,11-2)88-65(84)86-38-42-20-24-46(25-21-42)70-61(80)41(5)69-62(81)59(40(3)4)72-56(77)30-31-67(8,9)87-33-32-66(6,7)73-57(78)28-29-58(79)74-36-45-18-13-12-16-43(45)22-23-44-17-14-15-19-54(44)74/h12-27,34-35,40-41,59,76H,10-11,28-33,36-39H2,1-9H3,(H,69,81)(H,70,80)(H,72,77)(H,73,78)/b23-22-/t41-,59-,68-/m0/s1. The average molecular weight is 1200 g/mol. The molecule has 0 aliphatic carbocycles. The SMILES string of the molecule is CCc1c2c(nc3ccc(O)cc13)-c1cc3c(c(=O)n1C2)COC(=O)[C@@]3(CC)OC(=O)OCc1ccc(NC(=O)[C@H](C)NC(=O)[C@@H](NC(=O)CCC(C)(C)OCCC(C)(C)NC(=O)CCC(=O)N2Cc3ccccc3/C=C\c3ccccc32)C(C)C)cc1. The summed E-state index contributed by atoms with van der Waals surface area (Å²) in [6.07, 6.45) is 4.28. The molecule has 20 heteroatoms. The van der Waals surface area contributed by atoms with E-state index in [1.54, 1.807) is 78.8 Å². The number of anilines is 2. The second-order valence-electron chi connectivity index (χ2n) is 24.2. The van der Waals surface area contributed by atoms with Gasteiger partial charge in [0.1, 0.15) is 31.0 Å². The van der Waals surface area contributed by atoms with Crippen molar-refractivity contribution in [3.05, 3.63) is 152 Å². The Labute approximate surface area is 511 Å². The third-order valence-corrected chi connectivity index (χ3v) is 16.5. The van der Waals surface area contributed by atoms with Crippen molar-refractivity contribution in [3.8, 4) is 17.1 Å². The minimum absolute atomic E-state index is 0.0122. The van der Waals surface area contributed by atoms with E-state index < -0.39 is 58.3 Å². The molecule has 9 rings (SSSR count). The summed E-state index contributed by atoms with van der Waals surface area (Å²) in [4.78, 5) is 115. The number of aromatic hydroxyl groups is 1. The third kappa shape index (κ3) is 14.1. The Kier molecular flexibility index (Phi) is 19.0. The number of ether oxygens (including phenoxy) is 4. The van der Waals surface area contributed by atoms with Crippen LogP contribution in [0, 0.1) is 5.92 Å². The summed E-state index contributed by atoms with van der Waals surface area (Å²) in [5, 5.41) is 22.4. The van der Waals surface area contributed by atoms with E-state index in [9.17, 15) is 43.5 Å². The van der Waals surface area contributed by atoms with Crippen molar-refractivity contribution in [1.82, 2.24) is 25.5 Å². The Morgan fingerprint density at radius 1 is 0.784 bits per heavy atom. The molecule has 0 radical (unpaired) electrons. The van der Waals surface area contributed by atoms with Crippen LogP contribution in [-0.4, -0.2) is 86.1 Å². The van der Waals surface area contributed by atoms with Gasteiger partial charge in [-0.25, -0.2) is 14.6 Å². The van der Waals surface area contributed by atoms with E-state index in [0.717, 1.165) is 38.9 Å². The number of benzene rings is 4. The summed E-state index contributed by atoms with van der Waals surface area (Å²) in [6.45, 7) is 16.5. The maximum atomic E-state index is 14.1. The first-order valence-corrected chi connectivity index (χ1v) is 29.9. The van der Waals surface area contributed by atoms with Crippen LogP contribution in [0.1, 0.15) is 145 Å². The van der Waals surface area contributed by atoms with Crippen molar-refractivity contribution in [2.75, 3.05) is 16.8 Å². The number of phenols is 1. The molecule has 3 aliphatic rings. The number of cyclic esters (lactones) is 1. The molecule has 0 fully saturated rings. The summed E-state index contributed by atoms with van der Waals surface area (Å²) < 4.78 is 24.6. The number of aromatic nitrogens is 2. The number of rotatable bonds is 22. The molecule has 0 saturated heterocycles. The second kappa shape index (κ2) is 26.4. The molecule has 0 unspecified atom stereocenters. The van der Waals surface area contributed by atoms with Gasteiger partial charge in [0, 0.05) is 53.6 Å². The Bertz CT molecular complexity index is 3790. The predicted molar refractivity (Wildman–Crippen MR) is 332 cm³/mol. The van der Waals surface area contributed by atoms with E-state index in [-0.39, 0.29) is 92.6 Å². The first-order valence-electron chi connectivity index (χ1n) is 29.9. The first kappa shape index (κ1) is 63.3. The van der Waals surface area contributed by atoms with Crippen molar-refractivity contribution in [3.63, 3.8) is 0 Å². The van der Waals surface area contributed by atoms with Crippen molar-refractivity contribution in [2.24, 2.45) is 5.92 Å². The number of amides is 5. The highest BCUT2D eigenvalue weighted by molar-refractivity contribution is 6.00. The van der Waals surface area contributed by atoms with Crippen LogP contribution in [0.15, 0.2) is 102 Å². The fourth-order valence-electron chi connectivity index (χ4n) is 11.4. The Balaban J connectivity index is 0.705. The summed E-state index contributed by atoms with van der Waals surface area (Å²) in [5.74, 6) is -2.94. The van der Waals surface area contributed by atoms with Crippen molar-refractivity contribution in [1.29, 1.82) is 0 Å². The number of phenolic OH excluding ortho intramolecular Hbond substituents is 1. The number of esters is 1. The fourth-order valence-corrected chi connectivity index (χ4v) is 11.4. The zero-order chi connectivity index (χ0) is 63.2. The Hall–Kier alpha value is -9.17. The number of fused-ring (bicyclic) bond motifs is 7. The van der Waals surface area contributed by atoms with Gasteiger partial charge >= 0.3 is 12.1 Å². The molecule has 20 nitrogen and oxygen atoms in total. The lowest BCUT2D eigenvalue weighted by Crippen LogP contribution is -2.53. The second-order valence-corrected chi connectivity index (χ2v) is 24.2. The number of para-hydroxylation sites is 1. The van der Waals surface area contributed by atoms with Crippen molar-refractivity contribution >= 4 is 76.1 Å². The van der Waals surface area contributed by atoms with Crippen LogP contribution in [0.25, 0.3) is 34.4 Å². The van der Waals surface area contributed by atoms with Gasteiger partial charge in [-0.3, -0.25) is 28.8 Å². The summed E-state index contributed by atoms with van der Waals surface area (Å²) >= 11 is 0. The molecule has 0 spiro atoms. The molecule has 5 heterocycles. The van der Waals surface area contributed by atoms with Gasteiger partial charge in [0.05, 0.1) is 46.8 Å². The van der Waals surface area contributed by atoms with Gasteiger partial charge in [-0.05, 0) is 137 Å². The van der Waals surface area contributed by atoms with Crippen LogP contribution < -0.4 is 31.7 Å². The van der Waals surface area contributed by atoms with Gasteiger partial charge in [0.2, 0.25) is 35.1 Å². The van der Waals surface area contributed by atoms with E-state index in [1.165, 1.54) is 6.92 Å². The van der Waals surface area contributed by atoms with Crippen LogP contribution >= 0.6 is 0 Å². The van der Waals surface area contributed by atoms with Crippen molar-refractivity contribution < 1.29 is 57.6 Å². The molecule has 5 amide bonds. The fraction of sp³-hybridized carbons (Fsp3) is 0.397. The lowest BCUT2D eigenvalue weighted by atomic mass is 9.85. The molecule has 462 valence electrons. The summed E-state index contributed by atoms with van der Waals surface area (Å²) in [5.41, 5.74) is 4.58. The first-order chi connectivity index (χ1) is 41.9. The Morgan fingerprint density at radius 3 is 2.23 bits per heavy atom. The molecule has 4 aromatic carbocycles. The van der Waals surface area contributed by atoms with E-state index >= 15 is 0 Å². The van der Waals surface area contributed by atoms with Gasteiger partial charge in [-0.1, -0.05) is 94.4 Å². The minimum atomic E-state index is -2.00. The van der Waals surface area contributed by atoms with Gasteiger partial charge < -0.3 is 54.8 Å². The zero-order valence-electron chi connectivity index (χ0n) is 51.3. The number of pyridine rings is 2. The van der Waals surface area contributed by atoms with E-state index in [4.69, 9.17) is 23.9 Å². The highest BCUT2D eigenvalue weighted by Gasteiger charge is 2.51. The highest BCUT2D eigenvalue weighted by Crippen LogP contribution is 2.43. The van der Waals surface area contributed by atoms with E-state index in [1.807, 2.05) is 89.2 Å². The normalized spacial score (nSPS) is 16.0. The molecule has 88 heavy (non-hydrogen) atoms. The smallest absolute Gasteiger partial charge is 0.508 e. The van der Waals surface area contributed by atoms with Crippen molar-refractivity contribution in [2.45, 2.75) is 162 Å². The van der Waals surface area contributed by atoms with Crippen LogP contribution in [0.4, 0.5) is 16.2 Å². The van der Waals surface area contributed by atoms with Crippen LogP contribution in [0.3, 0.4) is 0 Å². The Morgan fingerprint density at radius 2 is 1.50 bits per heavy atom. The number of hydrogen-bond donors (Lipinski definition) is 5. The van der Waals surface area contributed by atoms with Gasteiger partial charge in [-0.2, -0.15) is 0 Å². The number of nitrogens with one attached hydrogen (secondary N) is 4. The minimum Gasteiger partial charge on any atom is -0.508 e. The van der Waals surface area contributed by atoms with E-state index in [2.05, 4.69) is 27.3 Å². The maximum Gasteiger partial charge on any atom is 0.510 e. The molecule has 2 aromatic heterocycles. The highest BCUT2D eigenvalue weighted by atomic mass is 16.7. The van der Waals surface area contributed by atoms with E-state index in [0.29, 0.717) is 54.0 Å². The predicted octanol–water partition coefficient (Wildman–Crippen LogP) is 9.65. The molecule has 6 aromatic rings.